The minimum Gasteiger partial charge on any atom is -0.294 e. The molecule has 0 saturated heterocycles. The second-order valence-electron chi connectivity index (χ2n) is 15.8. The fourth-order valence-corrected chi connectivity index (χ4v) is 7.63. The van der Waals surface area contributed by atoms with Crippen LogP contribution in [0.4, 0.5) is 5.69 Å². The zero-order valence-electron chi connectivity index (χ0n) is 33.9. The summed E-state index contributed by atoms with van der Waals surface area (Å²) in [6, 6.07) is 8.34. The maximum Gasteiger partial charge on any atom is 0.269 e. The van der Waals surface area contributed by atoms with Gasteiger partial charge in [-0.2, -0.15) is 0 Å². The molecule has 0 saturated carbocycles. The third-order valence-electron chi connectivity index (χ3n) is 11.1. The summed E-state index contributed by atoms with van der Waals surface area (Å²) in [4.78, 5) is 13.6. The summed E-state index contributed by atoms with van der Waals surface area (Å²) >= 11 is 0. The quantitative estimate of drug-likeness (QED) is 0.0390. The van der Waals surface area contributed by atoms with Crippen LogP contribution in [0.15, 0.2) is 24.3 Å². The van der Waals surface area contributed by atoms with E-state index in [1.165, 1.54) is 211 Å². The molecule has 0 amide bonds. The topological polar surface area (TPSA) is 46.4 Å². The number of halogens is 1. The van der Waals surface area contributed by atoms with E-state index in [0.29, 0.717) is 12.1 Å². The Balaban J connectivity index is 0.0000240. The molecule has 4 nitrogen and oxygen atoms in total. The Kier molecular flexibility index (Phi) is 35.4. The number of nitro benzene ring substituents is 1. The standard InChI is InChI=1S/C45H84N2O2.ClH/c1-5-7-9-11-13-15-17-19-21-23-25-27-29-31-33-35-42(3)46(41-44-37-39-45(40-38-44)47(48)49)43(4)36-34-32-30-28-26-24-22-20-18-16-14-12-10-8-6-2;/h37-40,42-43H,5-36,41H2,1-4H3;1H. The molecule has 0 radical (unpaired) electrons. The van der Waals surface area contributed by atoms with Crippen molar-refractivity contribution in [3.8, 4) is 0 Å². The van der Waals surface area contributed by atoms with Gasteiger partial charge in [-0.1, -0.05) is 219 Å². The van der Waals surface area contributed by atoms with Crippen LogP contribution in [0.3, 0.4) is 0 Å². The van der Waals surface area contributed by atoms with E-state index < -0.39 is 0 Å². The predicted molar refractivity (Wildman–Crippen MR) is 224 cm³/mol. The Morgan fingerprint density at radius 3 is 1.00 bits per heavy atom. The first-order valence-corrected chi connectivity index (χ1v) is 22.0. The average Bonchev–Trinajstić information content (AvgIpc) is 3.10. The number of nitrogens with zero attached hydrogens (tertiary/aromatic N) is 2. The van der Waals surface area contributed by atoms with Gasteiger partial charge in [0.05, 0.1) is 4.92 Å². The van der Waals surface area contributed by atoms with Crippen molar-refractivity contribution in [3.63, 3.8) is 0 Å². The van der Waals surface area contributed by atoms with E-state index in [4.69, 9.17) is 0 Å². The molecule has 0 aliphatic carbocycles. The second kappa shape index (κ2) is 36.2. The first kappa shape index (κ1) is 48.9. The van der Waals surface area contributed by atoms with Crippen molar-refractivity contribution in [2.45, 2.75) is 252 Å². The number of benzene rings is 1. The lowest BCUT2D eigenvalue weighted by molar-refractivity contribution is -0.384. The Morgan fingerprint density at radius 1 is 0.480 bits per heavy atom. The van der Waals surface area contributed by atoms with Crippen LogP contribution >= 0.6 is 12.4 Å². The van der Waals surface area contributed by atoms with Crippen LogP contribution in [-0.4, -0.2) is 21.9 Å². The van der Waals surface area contributed by atoms with E-state index in [2.05, 4.69) is 32.6 Å². The lowest BCUT2D eigenvalue weighted by Gasteiger charge is -2.35. The lowest BCUT2D eigenvalue weighted by atomic mass is 10.00. The molecule has 1 aromatic carbocycles. The van der Waals surface area contributed by atoms with Gasteiger partial charge in [0.2, 0.25) is 0 Å². The molecule has 0 N–H and O–H groups in total. The highest BCUT2D eigenvalue weighted by Crippen LogP contribution is 2.23. The molecule has 0 aromatic heterocycles. The van der Waals surface area contributed by atoms with Crippen LogP contribution in [0, 0.1) is 10.1 Å². The van der Waals surface area contributed by atoms with Crippen molar-refractivity contribution >= 4 is 18.1 Å². The maximum atomic E-state index is 11.2. The van der Waals surface area contributed by atoms with Crippen molar-refractivity contribution in [1.82, 2.24) is 4.90 Å². The molecule has 0 fully saturated rings. The van der Waals surface area contributed by atoms with Crippen LogP contribution in [0.25, 0.3) is 0 Å². The number of nitro groups is 1. The lowest BCUT2D eigenvalue weighted by Crippen LogP contribution is -2.39. The van der Waals surface area contributed by atoms with Gasteiger partial charge in [-0.3, -0.25) is 15.0 Å². The number of rotatable bonds is 37. The molecule has 2 atom stereocenters. The van der Waals surface area contributed by atoms with Crippen molar-refractivity contribution in [1.29, 1.82) is 0 Å². The van der Waals surface area contributed by atoms with Crippen molar-refractivity contribution in [3.05, 3.63) is 39.9 Å². The van der Waals surface area contributed by atoms with Gasteiger partial charge in [0, 0.05) is 30.8 Å². The van der Waals surface area contributed by atoms with Gasteiger partial charge in [-0.25, -0.2) is 0 Å². The van der Waals surface area contributed by atoms with Crippen molar-refractivity contribution < 1.29 is 4.92 Å². The van der Waals surface area contributed by atoms with Crippen LogP contribution < -0.4 is 0 Å². The summed E-state index contributed by atoms with van der Waals surface area (Å²) in [5.41, 5.74) is 1.38. The van der Waals surface area contributed by atoms with Crippen molar-refractivity contribution in [2.75, 3.05) is 0 Å². The molecule has 0 heterocycles. The SMILES string of the molecule is CCCCCCCCCCCCCCCCCC(C)N(Cc1ccc([N+](=O)[O-])cc1)C(C)CCCCCCCCCCCCCCCCC.Cl. The summed E-state index contributed by atoms with van der Waals surface area (Å²) < 4.78 is 0. The molecule has 0 aliphatic heterocycles. The second-order valence-corrected chi connectivity index (χ2v) is 15.8. The molecule has 0 spiro atoms. The van der Waals surface area contributed by atoms with Crippen LogP contribution in [0.2, 0.25) is 0 Å². The summed E-state index contributed by atoms with van der Waals surface area (Å²) in [6.45, 7) is 10.3. The third-order valence-corrected chi connectivity index (χ3v) is 11.1. The fraction of sp³-hybridized carbons (Fsp3) is 0.867. The Morgan fingerprint density at radius 2 is 0.740 bits per heavy atom. The molecule has 2 unspecified atom stereocenters. The van der Waals surface area contributed by atoms with Gasteiger partial charge < -0.3 is 0 Å². The zero-order valence-corrected chi connectivity index (χ0v) is 34.7. The summed E-state index contributed by atoms with van der Waals surface area (Å²) in [6.07, 6.45) is 44.7. The van der Waals surface area contributed by atoms with Gasteiger partial charge in [0.15, 0.2) is 0 Å². The van der Waals surface area contributed by atoms with Crippen LogP contribution in [-0.2, 0) is 6.54 Å². The monoisotopic (exact) mass is 721 g/mol. The molecule has 50 heavy (non-hydrogen) atoms. The van der Waals surface area contributed by atoms with E-state index in [1.54, 1.807) is 12.1 Å². The Hall–Kier alpha value is -1.13. The largest absolute Gasteiger partial charge is 0.294 e. The van der Waals surface area contributed by atoms with E-state index in [-0.39, 0.29) is 23.0 Å². The molecule has 0 bridgehead atoms. The molecule has 5 heteroatoms. The Bertz CT molecular complexity index is 808. The molecule has 1 aromatic rings. The van der Waals surface area contributed by atoms with Crippen LogP contribution in [0.1, 0.15) is 239 Å². The van der Waals surface area contributed by atoms with Gasteiger partial charge in [0.25, 0.3) is 5.69 Å². The van der Waals surface area contributed by atoms with Crippen LogP contribution in [0.5, 0.6) is 0 Å². The van der Waals surface area contributed by atoms with Gasteiger partial charge >= 0.3 is 0 Å². The first-order valence-electron chi connectivity index (χ1n) is 22.0. The molecule has 294 valence electrons. The van der Waals surface area contributed by atoms with Gasteiger partial charge in [-0.15, -0.1) is 12.4 Å². The minimum absolute atomic E-state index is 0. The first-order chi connectivity index (χ1) is 24.0. The maximum absolute atomic E-state index is 11.2. The average molecular weight is 722 g/mol. The molecular formula is C45H85ClN2O2. The number of hydrogen-bond acceptors (Lipinski definition) is 3. The van der Waals surface area contributed by atoms with E-state index in [1.807, 2.05) is 12.1 Å². The third kappa shape index (κ3) is 28.5. The summed E-state index contributed by atoms with van der Waals surface area (Å²) in [5.74, 6) is 0. The number of non-ortho nitro benzene ring substituents is 1. The minimum atomic E-state index is -0.292. The van der Waals surface area contributed by atoms with E-state index in [9.17, 15) is 10.1 Å². The number of hydrogen-bond donors (Lipinski definition) is 0. The highest BCUT2D eigenvalue weighted by Gasteiger charge is 2.20. The van der Waals surface area contributed by atoms with E-state index in [0.717, 1.165) is 6.54 Å². The van der Waals surface area contributed by atoms with Gasteiger partial charge in [-0.05, 0) is 32.3 Å². The zero-order chi connectivity index (χ0) is 35.6. The van der Waals surface area contributed by atoms with Gasteiger partial charge in [0.1, 0.15) is 0 Å². The highest BCUT2D eigenvalue weighted by molar-refractivity contribution is 5.85. The predicted octanol–water partition coefficient (Wildman–Crippen LogP) is 16.1. The molecular weight excluding hydrogens is 636 g/mol. The Labute approximate surface area is 318 Å². The summed E-state index contributed by atoms with van der Waals surface area (Å²) in [7, 11) is 0. The summed E-state index contributed by atoms with van der Waals surface area (Å²) in [5, 5.41) is 11.2. The normalized spacial score (nSPS) is 12.7. The fourth-order valence-electron chi connectivity index (χ4n) is 7.63. The number of unbranched alkanes of at least 4 members (excludes halogenated alkanes) is 28. The highest BCUT2D eigenvalue weighted by atomic mass is 35.5. The molecule has 0 aliphatic rings. The van der Waals surface area contributed by atoms with Crippen molar-refractivity contribution in [2.24, 2.45) is 0 Å². The smallest absolute Gasteiger partial charge is 0.269 e. The molecule has 1 rings (SSSR count). The van der Waals surface area contributed by atoms with E-state index >= 15 is 0 Å².